The van der Waals surface area contributed by atoms with Gasteiger partial charge in [0.05, 0.1) is 12.6 Å². The van der Waals surface area contributed by atoms with Crippen molar-refractivity contribution in [1.82, 2.24) is 20.1 Å². The van der Waals surface area contributed by atoms with Crippen LogP contribution in [0, 0.1) is 6.92 Å². The molecule has 1 atom stereocenters. The fourth-order valence-electron chi connectivity index (χ4n) is 2.08. The number of benzene rings is 1. The molecule has 1 N–H and O–H groups in total. The first-order valence-corrected chi connectivity index (χ1v) is 6.42. The van der Waals surface area contributed by atoms with E-state index in [1.54, 1.807) is 12.7 Å². The van der Waals surface area contributed by atoms with Gasteiger partial charge < -0.3 is 5.32 Å². The Bertz CT molecular complexity index is 464. The van der Waals surface area contributed by atoms with Crippen molar-refractivity contribution in [2.24, 2.45) is 0 Å². The van der Waals surface area contributed by atoms with Crippen LogP contribution in [-0.4, -0.2) is 21.3 Å². The number of rotatable bonds is 6. The van der Waals surface area contributed by atoms with Crippen LogP contribution in [0.5, 0.6) is 0 Å². The lowest BCUT2D eigenvalue weighted by molar-refractivity contribution is 0.437. The van der Waals surface area contributed by atoms with Crippen LogP contribution in [0.3, 0.4) is 0 Å². The van der Waals surface area contributed by atoms with Gasteiger partial charge in [0, 0.05) is 0 Å². The van der Waals surface area contributed by atoms with Gasteiger partial charge in [-0.1, -0.05) is 31.2 Å². The topological polar surface area (TPSA) is 42.7 Å². The molecule has 96 valence electrons. The van der Waals surface area contributed by atoms with Gasteiger partial charge in [-0.3, -0.25) is 4.68 Å². The molecule has 1 heterocycles. The molecule has 2 rings (SSSR count). The Hall–Kier alpha value is -1.68. The van der Waals surface area contributed by atoms with Crippen molar-refractivity contribution in [3.8, 4) is 0 Å². The number of aromatic nitrogens is 3. The Labute approximate surface area is 108 Å². The number of nitrogens with one attached hydrogen (secondary N) is 1. The van der Waals surface area contributed by atoms with Crippen molar-refractivity contribution in [1.29, 1.82) is 0 Å². The van der Waals surface area contributed by atoms with E-state index in [0.717, 1.165) is 19.5 Å². The summed E-state index contributed by atoms with van der Waals surface area (Å²) in [6.45, 7) is 6.15. The molecular weight excluding hydrogens is 224 g/mol. The molecule has 2 aromatic rings. The van der Waals surface area contributed by atoms with Gasteiger partial charge in [-0.15, -0.1) is 0 Å². The van der Waals surface area contributed by atoms with Crippen LogP contribution in [0.2, 0.25) is 0 Å². The minimum Gasteiger partial charge on any atom is -0.308 e. The summed E-state index contributed by atoms with van der Waals surface area (Å²) in [5.41, 5.74) is 2.65. The minimum absolute atomic E-state index is 0.285. The molecule has 0 spiro atoms. The smallest absolute Gasteiger partial charge is 0.137 e. The third kappa shape index (κ3) is 3.17. The van der Waals surface area contributed by atoms with E-state index in [1.807, 2.05) is 4.68 Å². The summed E-state index contributed by atoms with van der Waals surface area (Å²) in [6.07, 6.45) is 4.47. The summed E-state index contributed by atoms with van der Waals surface area (Å²) in [4.78, 5) is 4.00. The second-order valence-electron chi connectivity index (χ2n) is 4.48. The Kier molecular flexibility index (Phi) is 4.47. The Morgan fingerprint density at radius 2 is 2.17 bits per heavy atom. The lowest BCUT2D eigenvalue weighted by Crippen LogP contribution is -2.27. The maximum absolute atomic E-state index is 4.18. The molecule has 0 bridgehead atoms. The monoisotopic (exact) mass is 244 g/mol. The van der Waals surface area contributed by atoms with Gasteiger partial charge in [0.1, 0.15) is 12.7 Å². The first kappa shape index (κ1) is 12.8. The van der Waals surface area contributed by atoms with Crippen molar-refractivity contribution in [2.45, 2.75) is 32.9 Å². The van der Waals surface area contributed by atoms with Gasteiger partial charge in [-0.05, 0) is 31.0 Å². The predicted octanol–water partition coefficient (Wildman–Crippen LogP) is 2.33. The second kappa shape index (κ2) is 6.31. The second-order valence-corrected chi connectivity index (χ2v) is 4.48. The minimum atomic E-state index is 0.285. The van der Waals surface area contributed by atoms with Crippen molar-refractivity contribution in [2.75, 3.05) is 6.54 Å². The SMILES string of the molecule is CCCNC(Cn1cncn1)c1ccccc1C. The van der Waals surface area contributed by atoms with E-state index in [1.165, 1.54) is 11.1 Å². The van der Waals surface area contributed by atoms with E-state index in [0.29, 0.717) is 0 Å². The average molecular weight is 244 g/mol. The molecular formula is C14H20N4. The zero-order valence-corrected chi connectivity index (χ0v) is 11.0. The largest absolute Gasteiger partial charge is 0.308 e. The Morgan fingerprint density at radius 1 is 1.33 bits per heavy atom. The van der Waals surface area contributed by atoms with Gasteiger partial charge in [0.25, 0.3) is 0 Å². The van der Waals surface area contributed by atoms with Crippen LogP contribution < -0.4 is 5.32 Å². The van der Waals surface area contributed by atoms with Crippen molar-refractivity contribution >= 4 is 0 Å². The van der Waals surface area contributed by atoms with Gasteiger partial charge in [0.15, 0.2) is 0 Å². The molecule has 0 saturated carbocycles. The van der Waals surface area contributed by atoms with Gasteiger partial charge in [0.2, 0.25) is 0 Å². The van der Waals surface area contributed by atoms with E-state index in [-0.39, 0.29) is 6.04 Å². The van der Waals surface area contributed by atoms with E-state index in [4.69, 9.17) is 0 Å². The molecule has 4 heteroatoms. The number of hydrogen-bond acceptors (Lipinski definition) is 3. The Balaban J connectivity index is 2.16. The highest BCUT2D eigenvalue weighted by Gasteiger charge is 2.13. The van der Waals surface area contributed by atoms with E-state index in [2.05, 4.69) is 53.5 Å². The summed E-state index contributed by atoms with van der Waals surface area (Å²) in [5.74, 6) is 0. The summed E-state index contributed by atoms with van der Waals surface area (Å²) in [6, 6.07) is 8.78. The first-order chi connectivity index (χ1) is 8.81. The zero-order valence-electron chi connectivity index (χ0n) is 11.0. The Morgan fingerprint density at radius 3 is 2.83 bits per heavy atom. The van der Waals surface area contributed by atoms with Crippen molar-refractivity contribution in [3.63, 3.8) is 0 Å². The summed E-state index contributed by atoms with van der Waals surface area (Å²) >= 11 is 0. The van der Waals surface area contributed by atoms with Gasteiger partial charge in [-0.25, -0.2) is 4.98 Å². The fourth-order valence-corrected chi connectivity index (χ4v) is 2.08. The molecule has 4 nitrogen and oxygen atoms in total. The molecule has 1 aromatic carbocycles. The number of nitrogens with zero attached hydrogens (tertiary/aromatic N) is 3. The van der Waals surface area contributed by atoms with Gasteiger partial charge >= 0.3 is 0 Å². The molecule has 0 amide bonds. The highest BCUT2D eigenvalue weighted by molar-refractivity contribution is 5.28. The highest BCUT2D eigenvalue weighted by atomic mass is 15.3. The molecule has 1 aromatic heterocycles. The third-order valence-electron chi connectivity index (χ3n) is 3.04. The third-order valence-corrected chi connectivity index (χ3v) is 3.04. The molecule has 0 saturated heterocycles. The molecule has 0 aliphatic heterocycles. The van der Waals surface area contributed by atoms with Crippen molar-refractivity contribution < 1.29 is 0 Å². The highest BCUT2D eigenvalue weighted by Crippen LogP contribution is 2.18. The molecule has 0 aliphatic rings. The van der Waals surface area contributed by atoms with E-state index in [9.17, 15) is 0 Å². The van der Waals surface area contributed by atoms with Crippen LogP contribution in [0.15, 0.2) is 36.9 Å². The maximum Gasteiger partial charge on any atom is 0.137 e. The molecule has 0 fully saturated rings. The van der Waals surface area contributed by atoms with Crippen LogP contribution >= 0.6 is 0 Å². The summed E-state index contributed by atoms with van der Waals surface area (Å²) < 4.78 is 1.87. The van der Waals surface area contributed by atoms with Crippen molar-refractivity contribution in [3.05, 3.63) is 48.0 Å². The molecule has 1 unspecified atom stereocenters. The van der Waals surface area contributed by atoms with Gasteiger partial charge in [-0.2, -0.15) is 5.10 Å². The predicted molar refractivity (Wildman–Crippen MR) is 72.2 cm³/mol. The zero-order chi connectivity index (χ0) is 12.8. The van der Waals surface area contributed by atoms with Crippen LogP contribution in [0.1, 0.15) is 30.5 Å². The summed E-state index contributed by atoms with van der Waals surface area (Å²) in [7, 11) is 0. The average Bonchev–Trinajstić information content (AvgIpc) is 2.88. The lowest BCUT2D eigenvalue weighted by atomic mass is 10.0. The standard InChI is InChI=1S/C14H20N4/c1-3-8-16-14(9-18-11-15-10-17-18)13-7-5-4-6-12(13)2/h4-7,10-11,14,16H,3,8-9H2,1-2H3. The molecule has 0 aliphatic carbocycles. The maximum atomic E-state index is 4.18. The first-order valence-electron chi connectivity index (χ1n) is 6.42. The summed E-state index contributed by atoms with van der Waals surface area (Å²) in [5, 5.41) is 7.76. The quantitative estimate of drug-likeness (QED) is 0.848. The molecule has 18 heavy (non-hydrogen) atoms. The molecule has 0 radical (unpaired) electrons. The van der Waals surface area contributed by atoms with Crippen LogP contribution in [0.25, 0.3) is 0 Å². The number of aryl methyl sites for hydroxylation is 1. The lowest BCUT2D eigenvalue weighted by Gasteiger charge is -2.20. The normalized spacial score (nSPS) is 12.6. The van der Waals surface area contributed by atoms with Crippen LogP contribution in [0.4, 0.5) is 0 Å². The van der Waals surface area contributed by atoms with E-state index >= 15 is 0 Å². The number of hydrogen-bond donors (Lipinski definition) is 1. The van der Waals surface area contributed by atoms with Crippen LogP contribution in [-0.2, 0) is 6.54 Å². The fraction of sp³-hybridized carbons (Fsp3) is 0.429. The van der Waals surface area contributed by atoms with E-state index < -0.39 is 0 Å².